The Kier molecular flexibility index (Phi) is 5.18. The fourth-order valence-corrected chi connectivity index (χ4v) is 4.10. The van der Waals surface area contributed by atoms with Gasteiger partial charge in [0, 0.05) is 22.3 Å². The maximum atomic E-state index is 8.86. The number of nitriles is 1. The smallest absolute Gasteiger partial charge is 0.222 e. The maximum absolute atomic E-state index is 8.86. The summed E-state index contributed by atoms with van der Waals surface area (Å²) in [7, 11) is 1.64. The molecule has 1 fully saturated rings. The van der Waals surface area contributed by atoms with Gasteiger partial charge in [-0.05, 0) is 54.4 Å². The van der Waals surface area contributed by atoms with Crippen molar-refractivity contribution in [3.63, 3.8) is 0 Å². The van der Waals surface area contributed by atoms with Crippen LogP contribution in [0.3, 0.4) is 0 Å². The third kappa shape index (κ3) is 4.18. The molecule has 0 aliphatic heterocycles. The van der Waals surface area contributed by atoms with Crippen LogP contribution in [0.4, 0.5) is 11.7 Å². The van der Waals surface area contributed by atoms with Crippen LogP contribution in [0.1, 0.15) is 30.0 Å². The summed E-state index contributed by atoms with van der Waals surface area (Å²) in [6.45, 7) is 0. The SMILES string of the molecule is COc1ccc2c(Nc3ocnc3C3CC3)nc(Sc3ccc(CC#N)cc3)nc2c1. The normalized spacial score (nSPS) is 13.2. The molecule has 0 radical (unpaired) electrons. The topological polar surface area (TPSA) is 96.9 Å². The quantitative estimate of drug-likeness (QED) is 0.387. The summed E-state index contributed by atoms with van der Waals surface area (Å²) in [5.41, 5.74) is 2.70. The van der Waals surface area contributed by atoms with Gasteiger partial charge in [-0.15, -0.1) is 0 Å². The molecular formula is C23H19N5O2S. The third-order valence-electron chi connectivity index (χ3n) is 5.09. The van der Waals surface area contributed by atoms with Crippen LogP contribution in [0.2, 0.25) is 0 Å². The van der Waals surface area contributed by atoms with E-state index in [9.17, 15) is 0 Å². The Balaban J connectivity index is 1.51. The lowest BCUT2D eigenvalue weighted by Gasteiger charge is -2.11. The summed E-state index contributed by atoms with van der Waals surface area (Å²) in [5, 5.41) is 13.7. The molecule has 5 rings (SSSR count). The van der Waals surface area contributed by atoms with E-state index >= 15 is 0 Å². The highest BCUT2D eigenvalue weighted by Crippen LogP contribution is 2.43. The van der Waals surface area contributed by atoms with E-state index in [4.69, 9.17) is 24.4 Å². The van der Waals surface area contributed by atoms with Gasteiger partial charge >= 0.3 is 0 Å². The summed E-state index contributed by atoms with van der Waals surface area (Å²) in [6.07, 6.45) is 4.13. The second-order valence-corrected chi connectivity index (χ2v) is 8.33. The molecule has 0 spiro atoms. The number of benzene rings is 2. The standard InChI is InChI=1S/C23H19N5O2S/c1-29-16-6-9-18-19(12-16)26-23(31-17-7-2-14(3-8-17)10-11-24)28-21(18)27-22-20(15-4-5-15)25-13-30-22/h2-3,6-9,12-13,15H,4-5,10H2,1H3,(H,26,27,28). The van der Waals surface area contributed by atoms with Crippen LogP contribution in [0.5, 0.6) is 5.75 Å². The Morgan fingerprint density at radius 2 is 2.03 bits per heavy atom. The van der Waals surface area contributed by atoms with Crippen LogP contribution in [-0.4, -0.2) is 22.1 Å². The minimum Gasteiger partial charge on any atom is -0.497 e. The first-order valence-corrected chi connectivity index (χ1v) is 10.7. The fourth-order valence-electron chi connectivity index (χ4n) is 3.33. The van der Waals surface area contributed by atoms with Gasteiger partial charge in [0.15, 0.2) is 11.6 Å². The highest BCUT2D eigenvalue weighted by atomic mass is 32.2. The van der Waals surface area contributed by atoms with Gasteiger partial charge in [-0.25, -0.2) is 15.0 Å². The zero-order valence-electron chi connectivity index (χ0n) is 16.8. The van der Waals surface area contributed by atoms with E-state index in [-0.39, 0.29) is 0 Å². The molecule has 31 heavy (non-hydrogen) atoms. The molecular weight excluding hydrogens is 410 g/mol. The Morgan fingerprint density at radius 3 is 2.77 bits per heavy atom. The highest BCUT2D eigenvalue weighted by molar-refractivity contribution is 7.99. The van der Waals surface area contributed by atoms with E-state index in [1.807, 2.05) is 42.5 Å². The number of ether oxygens (including phenoxy) is 1. The number of anilines is 2. The van der Waals surface area contributed by atoms with E-state index in [1.165, 1.54) is 18.2 Å². The minimum absolute atomic E-state index is 0.395. The summed E-state index contributed by atoms with van der Waals surface area (Å²) in [6, 6.07) is 15.7. The van der Waals surface area contributed by atoms with Gasteiger partial charge in [-0.1, -0.05) is 12.1 Å². The number of fused-ring (bicyclic) bond motifs is 1. The van der Waals surface area contributed by atoms with Crippen molar-refractivity contribution in [2.45, 2.75) is 35.2 Å². The zero-order valence-corrected chi connectivity index (χ0v) is 17.6. The van der Waals surface area contributed by atoms with Crippen molar-refractivity contribution in [1.29, 1.82) is 5.26 Å². The molecule has 0 amide bonds. The number of nitrogens with zero attached hydrogens (tertiary/aromatic N) is 4. The van der Waals surface area contributed by atoms with Crippen LogP contribution < -0.4 is 10.1 Å². The number of rotatable bonds is 7. The van der Waals surface area contributed by atoms with Crippen molar-refractivity contribution in [2.75, 3.05) is 12.4 Å². The van der Waals surface area contributed by atoms with Crippen LogP contribution in [-0.2, 0) is 6.42 Å². The molecule has 1 aliphatic carbocycles. The van der Waals surface area contributed by atoms with E-state index in [1.54, 1.807) is 7.11 Å². The number of nitrogens with one attached hydrogen (secondary N) is 1. The molecule has 0 atom stereocenters. The first kappa shape index (κ1) is 19.4. The van der Waals surface area contributed by atoms with Crippen LogP contribution in [0, 0.1) is 11.3 Å². The monoisotopic (exact) mass is 429 g/mol. The van der Waals surface area contributed by atoms with Gasteiger partial charge in [0.1, 0.15) is 17.3 Å². The molecule has 154 valence electrons. The largest absolute Gasteiger partial charge is 0.497 e. The lowest BCUT2D eigenvalue weighted by atomic mass is 10.2. The summed E-state index contributed by atoms with van der Waals surface area (Å²) >= 11 is 1.46. The molecule has 1 N–H and O–H groups in total. The molecule has 0 unspecified atom stereocenters. The van der Waals surface area contributed by atoms with Gasteiger partial charge in [0.05, 0.1) is 25.1 Å². The second kappa shape index (κ2) is 8.28. The Labute approximate surface area is 183 Å². The van der Waals surface area contributed by atoms with E-state index in [0.29, 0.717) is 29.2 Å². The molecule has 2 aromatic heterocycles. The average molecular weight is 430 g/mol. The Bertz CT molecular complexity index is 1280. The van der Waals surface area contributed by atoms with E-state index in [2.05, 4.69) is 16.4 Å². The van der Waals surface area contributed by atoms with Crippen molar-refractivity contribution < 1.29 is 9.15 Å². The van der Waals surface area contributed by atoms with Crippen molar-refractivity contribution >= 4 is 34.4 Å². The second-order valence-electron chi connectivity index (χ2n) is 7.28. The summed E-state index contributed by atoms with van der Waals surface area (Å²) in [4.78, 5) is 14.9. The molecule has 1 aliphatic rings. The number of methoxy groups -OCH3 is 1. The number of hydrogen-bond acceptors (Lipinski definition) is 8. The zero-order chi connectivity index (χ0) is 21.2. The molecule has 1 saturated carbocycles. The number of hydrogen-bond donors (Lipinski definition) is 1. The highest BCUT2D eigenvalue weighted by Gasteiger charge is 2.30. The first-order chi connectivity index (χ1) is 15.2. The Morgan fingerprint density at radius 1 is 1.19 bits per heavy atom. The Hall–Kier alpha value is -3.57. The molecule has 2 aromatic carbocycles. The number of aromatic nitrogens is 3. The third-order valence-corrected chi connectivity index (χ3v) is 5.96. The molecule has 8 heteroatoms. The lowest BCUT2D eigenvalue weighted by molar-refractivity contribution is 0.415. The van der Waals surface area contributed by atoms with Gasteiger partial charge in [0.2, 0.25) is 5.88 Å². The van der Waals surface area contributed by atoms with Crippen LogP contribution >= 0.6 is 11.8 Å². The van der Waals surface area contributed by atoms with E-state index < -0.39 is 0 Å². The van der Waals surface area contributed by atoms with Gasteiger partial charge in [-0.2, -0.15) is 5.26 Å². The maximum Gasteiger partial charge on any atom is 0.222 e. The average Bonchev–Trinajstić information content (AvgIpc) is 3.53. The molecule has 0 bridgehead atoms. The van der Waals surface area contributed by atoms with Gasteiger partial charge < -0.3 is 14.5 Å². The molecule has 4 aromatic rings. The predicted octanol–water partition coefficient (Wildman–Crippen LogP) is 5.46. The van der Waals surface area contributed by atoms with Crippen LogP contribution in [0.25, 0.3) is 10.9 Å². The van der Waals surface area contributed by atoms with Crippen molar-refractivity contribution in [3.05, 3.63) is 60.1 Å². The van der Waals surface area contributed by atoms with Crippen molar-refractivity contribution in [2.24, 2.45) is 0 Å². The molecule has 2 heterocycles. The fraction of sp³-hybridized carbons (Fsp3) is 0.217. The predicted molar refractivity (Wildman–Crippen MR) is 118 cm³/mol. The minimum atomic E-state index is 0.395. The molecule has 7 nitrogen and oxygen atoms in total. The summed E-state index contributed by atoms with van der Waals surface area (Å²) in [5.74, 6) is 2.48. The van der Waals surface area contributed by atoms with Gasteiger partial charge in [0.25, 0.3) is 0 Å². The van der Waals surface area contributed by atoms with E-state index in [0.717, 1.165) is 45.6 Å². The van der Waals surface area contributed by atoms with Crippen molar-refractivity contribution in [1.82, 2.24) is 15.0 Å². The van der Waals surface area contributed by atoms with Gasteiger partial charge in [-0.3, -0.25) is 0 Å². The van der Waals surface area contributed by atoms with Crippen LogP contribution in [0.15, 0.2) is 63.3 Å². The molecule has 0 saturated heterocycles. The van der Waals surface area contributed by atoms with Crippen molar-refractivity contribution in [3.8, 4) is 11.8 Å². The first-order valence-electron chi connectivity index (χ1n) is 9.93. The lowest BCUT2D eigenvalue weighted by Crippen LogP contribution is -2.00. The number of oxazole rings is 1. The summed E-state index contributed by atoms with van der Waals surface area (Å²) < 4.78 is 11.0.